The molecule has 1 aliphatic carbocycles. The number of anilines is 2. The van der Waals surface area contributed by atoms with E-state index in [0.29, 0.717) is 6.04 Å². The molecule has 0 atom stereocenters. The van der Waals surface area contributed by atoms with E-state index in [4.69, 9.17) is 5.84 Å². The average molecular weight is 248 g/mol. The molecule has 0 saturated heterocycles. The second kappa shape index (κ2) is 6.05. The molecule has 0 spiro atoms. The highest BCUT2D eigenvalue weighted by atomic mass is 15.3. The maximum absolute atomic E-state index is 5.40. The Kier molecular flexibility index (Phi) is 4.42. The molecule has 1 aromatic rings. The van der Waals surface area contributed by atoms with Crippen molar-refractivity contribution in [3.05, 3.63) is 18.3 Å². The molecule has 18 heavy (non-hydrogen) atoms. The minimum Gasteiger partial charge on any atom is -0.371 e. The highest BCUT2D eigenvalue weighted by Crippen LogP contribution is 2.31. The summed E-state index contributed by atoms with van der Waals surface area (Å²) in [5.41, 5.74) is 3.80. The van der Waals surface area contributed by atoms with Crippen molar-refractivity contribution in [2.75, 3.05) is 17.4 Å². The number of hydrazine groups is 1. The molecule has 4 nitrogen and oxygen atoms in total. The van der Waals surface area contributed by atoms with E-state index in [-0.39, 0.29) is 0 Å². The van der Waals surface area contributed by atoms with E-state index in [9.17, 15) is 0 Å². The van der Waals surface area contributed by atoms with Gasteiger partial charge in [0.15, 0.2) is 0 Å². The molecule has 0 radical (unpaired) electrons. The average Bonchev–Trinajstić information content (AvgIpc) is 2.46. The van der Waals surface area contributed by atoms with E-state index in [2.05, 4.69) is 29.3 Å². The summed E-state index contributed by atoms with van der Waals surface area (Å²) in [4.78, 5) is 6.52. The number of nitrogens with zero attached hydrogens (tertiary/aromatic N) is 2. The van der Waals surface area contributed by atoms with Crippen LogP contribution in [0.5, 0.6) is 0 Å². The molecule has 2 rings (SSSR count). The molecule has 3 N–H and O–H groups in total. The molecule has 1 aromatic heterocycles. The Morgan fingerprint density at radius 2 is 2.11 bits per heavy atom. The van der Waals surface area contributed by atoms with Gasteiger partial charge in [-0.25, -0.2) is 10.8 Å². The quantitative estimate of drug-likeness (QED) is 0.635. The van der Waals surface area contributed by atoms with Crippen LogP contribution in [-0.2, 0) is 0 Å². The zero-order valence-electron chi connectivity index (χ0n) is 11.4. The number of hydrogen-bond donors (Lipinski definition) is 2. The first-order valence-corrected chi connectivity index (χ1v) is 6.90. The first-order chi connectivity index (χ1) is 8.74. The van der Waals surface area contributed by atoms with Crippen LogP contribution in [0.1, 0.15) is 39.0 Å². The van der Waals surface area contributed by atoms with E-state index < -0.39 is 0 Å². The predicted octanol–water partition coefficient (Wildman–Crippen LogP) is 2.77. The summed E-state index contributed by atoms with van der Waals surface area (Å²) in [5, 5.41) is 0. The van der Waals surface area contributed by atoms with Crippen LogP contribution in [0.15, 0.2) is 18.3 Å². The number of pyridine rings is 1. The second-order valence-electron chi connectivity index (χ2n) is 5.24. The highest BCUT2D eigenvalue weighted by molar-refractivity contribution is 5.53. The molecule has 1 saturated carbocycles. The maximum atomic E-state index is 5.40. The fraction of sp³-hybridized carbons (Fsp3) is 0.643. The second-order valence-corrected chi connectivity index (χ2v) is 5.24. The van der Waals surface area contributed by atoms with Crippen LogP contribution in [0.3, 0.4) is 0 Å². The topological polar surface area (TPSA) is 54.2 Å². The predicted molar refractivity (Wildman–Crippen MR) is 76.5 cm³/mol. The maximum Gasteiger partial charge on any atom is 0.141 e. The Balaban J connectivity index is 2.00. The van der Waals surface area contributed by atoms with Crippen molar-refractivity contribution in [3.8, 4) is 0 Å². The lowest BCUT2D eigenvalue weighted by Gasteiger charge is -2.35. The van der Waals surface area contributed by atoms with Crippen LogP contribution < -0.4 is 16.2 Å². The molecule has 0 aromatic carbocycles. The molecule has 0 unspecified atom stereocenters. The van der Waals surface area contributed by atoms with Crippen molar-refractivity contribution in [3.63, 3.8) is 0 Å². The molecule has 4 heteroatoms. The van der Waals surface area contributed by atoms with Crippen molar-refractivity contribution in [2.45, 2.75) is 45.1 Å². The molecule has 1 heterocycles. The zero-order valence-corrected chi connectivity index (χ0v) is 11.4. The largest absolute Gasteiger partial charge is 0.371 e. The summed E-state index contributed by atoms with van der Waals surface area (Å²) in [7, 11) is 2.17. The van der Waals surface area contributed by atoms with Gasteiger partial charge in [0.25, 0.3) is 0 Å². The summed E-state index contributed by atoms with van der Waals surface area (Å²) in [5.74, 6) is 7.06. The van der Waals surface area contributed by atoms with E-state index in [0.717, 1.165) is 11.7 Å². The number of nitrogen functional groups attached to an aromatic ring is 1. The van der Waals surface area contributed by atoms with E-state index in [1.54, 1.807) is 6.20 Å². The van der Waals surface area contributed by atoms with Crippen molar-refractivity contribution < 1.29 is 0 Å². The van der Waals surface area contributed by atoms with Gasteiger partial charge < -0.3 is 10.3 Å². The molecule has 0 amide bonds. The Hall–Kier alpha value is -1.29. The Morgan fingerprint density at radius 1 is 1.39 bits per heavy atom. The Labute approximate surface area is 110 Å². The van der Waals surface area contributed by atoms with Gasteiger partial charge in [0.05, 0.1) is 0 Å². The monoisotopic (exact) mass is 248 g/mol. The summed E-state index contributed by atoms with van der Waals surface area (Å²) in [6.45, 7) is 2.30. The van der Waals surface area contributed by atoms with Gasteiger partial charge in [-0.15, -0.1) is 0 Å². The van der Waals surface area contributed by atoms with Gasteiger partial charge in [-0.1, -0.05) is 13.3 Å². The van der Waals surface area contributed by atoms with E-state index in [1.807, 2.05) is 12.1 Å². The summed E-state index contributed by atoms with van der Waals surface area (Å²) in [6.07, 6.45) is 8.44. The smallest absolute Gasteiger partial charge is 0.141 e. The SMILES string of the molecule is CCC1CCC(N(C)c2ccnc(NN)c2)CC1. The molecular formula is C14H24N4. The molecule has 0 aliphatic heterocycles. The lowest BCUT2D eigenvalue weighted by Crippen LogP contribution is -2.35. The Morgan fingerprint density at radius 3 is 2.72 bits per heavy atom. The van der Waals surface area contributed by atoms with Gasteiger partial charge in [0.2, 0.25) is 0 Å². The zero-order chi connectivity index (χ0) is 13.0. The third-order valence-corrected chi connectivity index (χ3v) is 4.24. The van der Waals surface area contributed by atoms with Crippen molar-refractivity contribution in [1.82, 2.24) is 4.98 Å². The number of nitrogens with two attached hydrogens (primary N) is 1. The number of aromatic nitrogens is 1. The van der Waals surface area contributed by atoms with Gasteiger partial charge in [0.1, 0.15) is 5.82 Å². The first kappa shape index (κ1) is 13.1. The fourth-order valence-corrected chi connectivity index (χ4v) is 2.87. The van der Waals surface area contributed by atoms with Crippen LogP contribution in [0.25, 0.3) is 0 Å². The first-order valence-electron chi connectivity index (χ1n) is 6.90. The molecular weight excluding hydrogens is 224 g/mol. The lowest BCUT2D eigenvalue weighted by atomic mass is 9.84. The van der Waals surface area contributed by atoms with Crippen LogP contribution >= 0.6 is 0 Å². The molecule has 1 fully saturated rings. The molecule has 100 valence electrons. The normalized spacial score (nSPS) is 23.7. The van der Waals surface area contributed by atoms with Crippen LogP contribution in [-0.4, -0.2) is 18.1 Å². The van der Waals surface area contributed by atoms with Crippen molar-refractivity contribution >= 4 is 11.5 Å². The summed E-state index contributed by atoms with van der Waals surface area (Å²) in [6, 6.07) is 4.71. The van der Waals surface area contributed by atoms with Gasteiger partial charge in [-0.3, -0.25) is 0 Å². The highest BCUT2D eigenvalue weighted by Gasteiger charge is 2.23. The standard InChI is InChI=1S/C14H24N4/c1-3-11-4-6-12(7-5-11)18(2)13-8-9-16-14(10-13)17-15/h8-12H,3-7,15H2,1-2H3,(H,16,17). The van der Waals surface area contributed by atoms with Gasteiger partial charge in [0, 0.05) is 31.0 Å². The van der Waals surface area contributed by atoms with Gasteiger partial charge in [-0.05, 0) is 37.7 Å². The number of nitrogens with one attached hydrogen (secondary N) is 1. The third kappa shape index (κ3) is 2.93. The van der Waals surface area contributed by atoms with Gasteiger partial charge >= 0.3 is 0 Å². The minimum absolute atomic E-state index is 0.654. The van der Waals surface area contributed by atoms with Crippen molar-refractivity contribution in [1.29, 1.82) is 0 Å². The molecule has 0 bridgehead atoms. The minimum atomic E-state index is 0.654. The van der Waals surface area contributed by atoms with E-state index in [1.165, 1.54) is 37.8 Å². The van der Waals surface area contributed by atoms with Crippen LogP contribution in [0.2, 0.25) is 0 Å². The van der Waals surface area contributed by atoms with E-state index >= 15 is 0 Å². The molecule has 1 aliphatic rings. The number of hydrogen-bond acceptors (Lipinski definition) is 4. The number of rotatable bonds is 4. The van der Waals surface area contributed by atoms with Crippen LogP contribution in [0.4, 0.5) is 11.5 Å². The fourth-order valence-electron chi connectivity index (χ4n) is 2.87. The summed E-state index contributed by atoms with van der Waals surface area (Å²) >= 11 is 0. The van der Waals surface area contributed by atoms with Crippen molar-refractivity contribution in [2.24, 2.45) is 11.8 Å². The van der Waals surface area contributed by atoms with Gasteiger partial charge in [-0.2, -0.15) is 0 Å². The van der Waals surface area contributed by atoms with Crippen LogP contribution in [0, 0.1) is 5.92 Å². The Bertz CT molecular complexity index is 372. The lowest BCUT2D eigenvalue weighted by molar-refractivity contribution is 0.313. The third-order valence-electron chi connectivity index (χ3n) is 4.24. The summed E-state index contributed by atoms with van der Waals surface area (Å²) < 4.78 is 0.